The molecule has 13 heavy (non-hydrogen) atoms. The van der Waals surface area contributed by atoms with Crippen LogP contribution in [0.2, 0.25) is 0 Å². The summed E-state index contributed by atoms with van der Waals surface area (Å²) >= 11 is 0. The number of rotatable bonds is 2. The number of ether oxygens (including phenoxy) is 1. The van der Waals surface area contributed by atoms with E-state index in [9.17, 15) is 9.90 Å². The third-order valence-electron chi connectivity index (χ3n) is 1.96. The minimum absolute atomic E-state index is 0. The Labute approximate surface area is 88.6 Å². The Morgan fingerprint density at radius 3 is 2.62 bits per heavy atom. The van der Waals surface area contributed by atoms with Crippen LogP contribution in [-0.4, -0.2) is 17.7 Å². The Kier molecular flexibility index (Phi) is 5.84. The zero-order valence-corrected chi connectivity index (χ0v) is 8.54. The number of hydrogen-bond acceptors (Lipinski definition) is 3. The molecule has 0 aromatic heterocycles. The maximum Gasteiger partial charge on any atom is 0.337 e. The molecule has 0 unspecified atom stereocenters. The van der Waals surface area contributed by atoms with Crippen molar-refractivity contribution in [3.63, 3.8) is 0 Å². The molecular weight excluding hydrogens is 220 g/mol. The molecule has 0 spiro atoms. The molecule has 79 valence electrons. The molecule has 1 N–H and O–H groups in total. The number of allylic oxidation sites excluding steroid dienone is 1. The van der Waals surface area contributed by atoms with Crippen molar-refractivity contribution in [1.82, 2.24) is 0 Å². The van der Waals surface area contributed by atoms with Crippen LogP contribution in [0, 0.1) is 0 Å². The third kappa shape index (κ3) is 3.41. The van der Waals surface area contributed by atoms with Gasteiger partial charge in [-0.1, -0.05) is 0 Å². The van der Waals surface area contributed by atoms with Crippen molar-refractivity contribution in [2.45, 2.75) is 32.6 Å². The fourth-order valence-corrected chi connectivity index (χ4v) is 1.33. The summed E-state index contributed by atoms with van der Waals surface area (Å²) in [5, 5.41) is 9.34. The normalized spacial score (nSPS) is 16.4. The maximum absolute atomic E-state index is 11.2. The molecular formula is C9H14CuO3. The van der Waals surface area contributed by atoms with Gasteiger partial charge < -0.3 is 9.84 Å². The number of carbonyl (C=O) groups excluding carboxylic acids is 1. The first kappa shape index (κ1) is 12.5. The van der Waals surface area contributed by atoms with E-state index < -0.39 is 0 Å². The minimum Gasteiger partial charge on any atom is -0.512 e. The minimum atomic E-state index is -0.352. The Hall–Kier alpha value is -0.471. The molecule has 1 radical (unpaired) electrons. The van der Waals surface area contributed by atoms with Crippen molar-refractivity contribution in [3.8, 4) is 0 Å². The van der Waals surface area contributed by atoms with Gasteiger partial charge in [0.15, 0.2) is 0 Å². The van der Waals surface area contributed by atoms with Crippen LogP contribution in [0.1, 0.15) is 32.6 Å². The number of carbonyl (C=O) groups is 1. The maximum atomic E-state index is 11.2. The molecule has 0 aliphatic heterocycles. The van der Waals surface area contributed by atoms with E-state index in [1.165, 1.54) is 0 Å². The van der Waals surface area contributed by atoms with Gasteiger partial charge in [0.05, 0.1) is 12.2 Å². The van der Waals surface area contributed by atoms with Crippen LogP contribution in [0.25, 0.3) is 0 Å². The Balaban J connectivity index is 0.00000144. The first-order valence-corrected chi connectivity index (χ1v) is 4.33. The molecule has 0 saturated carbocycles. The van der Waals surface area contributed by atoms with Gasteiger partial charge in [-0.25, -0.2) is 4.79 Å². The fourth-order valence-electron chi connectivity index (χ4n) is 1.33. The largest absolute Gasteiger partial charge is 0.512 e. The van der Waals surface area contributed by atoms with Crippen LogP contribution < -0.4 is 0 Å². The average molecular weight is 234 g/mol. The van der Waals surface area contributed by atoms with E-state index in [0.717, 1.165) is 12.8 Å². The number of aliphatic hydroxyl groups is 1. The van der Waals surface area contributed by atoms with E-state index in [4.69, 9.17) is 4.74 Å². The van der Waals surface area contributed by atoms with Gasteiger partial charge in [0, 0.05) is 23.5 Å². The van der Waals surface area contributed by atoms with Crippen molar-refractivity contribution < 1.29 is 31.7 Å². The van der Waals surface area contributed by atoms with Crippen LogP contribution in [-0.2, 0) is 26.6 Å². The molecule has 0 atom stereocenters. The molecule has 0 heterocycles. The topological polar surface area (TPSA) is 46.5 Å². The Morgan fingerprint density at radius 2 is 2.08 bits per heavy atom. The van der Waals surface area contributed by atoms with Crippen LogP contribution in [0.4, 0.5) is 0 Å². The van der Waals surface area contributed by atoms with Gasteiger partial charge in [-0.3, -0.25) is 0 Å². The Bertz CT molecular complexity index is 211. The van der Waals surface area contributed by atoms with Crippen LogP contribution in [0.3, 0.4) is 0 Å². The number of aliphatic hydroxyl groups excluding tert-OH is 1. The van der Waals surface area contributed by atoms with Gasteiger partial charge in [0.1, 0.15) is 5.76 Å². The molecule has 0 bridgehead atoms. The quantitative estimate of drug-likeness (QED) is 0.586. The SMILES string of the molecule is CCOC(=O)C1=C(O)CCCC1.[Cu]. The van der Waals surface area contributed by atoms with E-state index in [0.29, 0.717) is 25.0 Å². The first-order chi connectivity index (χ1) is 5.75. The van der Waals surface area contributed by atoms with Gasteiger partial charge in [0.2, 0.25) is 0 Å². The zero-order valence-electron chi connectivity index (χ0n) is 7.60. The fraction of sp³-hybridized carbons (Fsp3) is 0.667. The van der Waals surface area contributed by atoms with Crippen molar-refractivity contribution in [2.24, 2.45) is 0 Å². The summed E-state index contributed by atoms with van der Waals surface area (Å²) in [7, 11) is 0. The van der Waals surface area contributed by atoms with Crippen LogP contribution >= 0.6 is 0 Å². The van der Waals surface area contributed by atoms with Crippen LogP contribution in [0.15, 0.2) is 11.3 Å². The first-order valence-electron chi connectivity index (χ1n) is 4.33. The van der Waals surface area contributed by atoms with E-state index in [2.05, 4.69) is 0 Å². The van der Waals surface area contributed by atoms with Gasteiger partial charge in [0.25, 0.3) is 0 Å². The third-order valence-corrected chi connectivity index (χ3v) is 1.96. The summed E-state index contributed by atoms with van der Waals surface area (Å²) in [6.45, 7) is 2.13. The predicted octanol–water partition coefficient (Wildman–Crippen LogP) is 1.93. The van der Waals surface area contributed by atoms with E-state index in [-0.39, 0.29) is 28.8 Å². The molecule has 0 aromatic rings. The summed E-state index contributed by atoms with van der Waals surface area (Å²) < 4.78 is 4.79. The molecule has 0 amide bonds. The van der Waals surface area contributed by atoms with Gasteiger partial charge in [-0.2, -0.15) is 0 Å². The smallest absolute Gasteiger partial charge is 0.337 e. The van der Waals surface area contributed by atoms with E-state index in [1.54, 1.807) is 6.92 Å². The van der Waals surface area contributed by atoms with Crippen LogP contribution in [0.5, 0.6) is 0 Å². The van der Waals surface area contributed by atoms with Gasteiger partial charge in [-0.05, 0) is 26.2 Å². The van der Waals surface area contributed by atoms with Gasteiger partial charge >= 0.3 is 5.97 Å². The zero-order chi connectivity index (χ0) is 8.97. The van der Waals surface area contributed by atoms with E-state index in [1.807, 2.05) is 0 Å². The standard InChI is InChI=1S/C9H14O3.Cu/c1-2-12-9(11)7-5-3-4-6-8(7)10;/h10H,2-6H2,1H3;. The molecule has 0 fully saturated rings. The molecule has 1 aliphatic carbocycles. The van der Waals surface area contributed by atoms with E-state index >= 15 is 0 Å². The van der Waals surface area contributed by atoms with Crippen molar-refractivity contribution in [2.75, 3.05) is 6.61 Å². The van der Waals surface area contributed by atoms with Gasteiger partial charge in [-0.15, -0.1) is 0 Å². The number of esters is 1. The predicted molar refractivity (Wildman–Crippen MR) is 44.8 cm³/mol. The summed E-state index contributed by atoms with van der Waals surface area (Å²) in [5.41, 5.74) is 0.475. The van der Waals surface area contributed by atoms with Crippen molar-refractivity contribution >= 4 is 5.97 Å². The monoisotopic (exact) mass is 233 g/mol. The second-order valence-electron chi connectivity index (χ2n) is 2.85. The second-order valence-corrected chi connectivity index (χ2v) is 2.85. The average Bonchev–Trinajstić information content (AvgIpc) is 2.05. The molecule has 4 heteroatoms. The van der Waals surface area contributed by atoms with Crippen molar-refractivity contribution in [3.05, 3.63) is 11.3 Å². The summed E-state index contributed by atoms with van der Waals surface area (Å²) in [6, 6.07) is 0. The summed E-state index contributed by atoms with van der Waals surface area (Å²) in [6.07, 6.45) is 3.21. The number of hydrogen-bond donors (Lipinski definition) is 1. The molecule has 3 nitrogen and oxygen atoms in total. The van der Waals surface area contributed by atoms with Crippen molar-refractivity contribution in [1.29, 1.82) is 0 Å². The summed E-state index contributed by atoms with van der Waals surface area (Å²) in [4.78, 5) is 11.2. The molecule has 0 saturated heterocycles. The Morgan fingerprint density at radius 1 is 1.46 bits per heavy atom. The molecule has 0 aromatic carbocycles. The molecule has 1 aliphatic rings. The summed E-state index contributed by atoms with van der Waals surface area (Å²) in [5.74, 6) is -0.130. The second kappa shape index (κ2) is 6.06. The molecule has 1 rings (SSSR count).